The number of anilines is 1. The van der Waals surface area contributed by atoms with Gasteiger partial charge < -0.3 is 19.1 Å². The summed E-state index contributed by atoms with van der Waals surface area (Å²) < 4.78 is 7.57. The van der Waals surface area contributed by atoms with Crippen LogP contribution in [0.1, 0.15) is 26.6 Å². The Balaban J connectivity index is 1.74. The van der Waals surface area contributed by atoms with E-state index in [1.807, 2.05) is 34.7 Å². The second-order valence-electron chi connectivity index (χ2n) is 7.32. The van der Waals surface area contributed by atoms with Crippen molar-refractivity contribution in [1.29, 1.82) is 0 Å². The molecular weight excluding hydrogens is 304 g/mol. The number of imidazole rings is 1. The Labute approximate surface area is 143 Å². The highest BCUT2D eigenvalue weighted by Gasteiger charge is 2.26. The van der Waals surface area contributed by atoms with Crippen molar-refractivity contribution >= 4 is 22.8 Å². The molecule has 6 nitrogen and oxygen atoms in total. The van der Waals surface area contributed by atoms with Crippen molar-refractivity contribution in [1.82, 2.24) is 14.5 Å². The third-order valence-electron chi connectivity index (χ3n) is 4.39. The van der Waals surface area contributed by atoms with Crippen LogP contribution in [-0.2, 0) is 11.8 Å². The molecule has 130 valence electrons. The maximum atomic E-state index is 12.2. The lowest BCUT2D eigenvalue weighted by Crippen LogP contribution is -2.50. The molecule has 1 amide bonds. The lowest BCUT2D eigenvalue weighted by molar-refractivity contribution is 0.0241. The molecular formula is C18H26N4O2. The fourth-order valence-corrected chi connectivity index (χ4v) is 3.03. The van der Waals surface area contributed by atoms with Crippen molar-refractivity contribution in [2.45, 2.75) is 33.3 Å². The molecule has 0 atom stereocenters. The van der Waals surface area contributed by atoms with Crippen molar-refractivity contribution in [3.8, 4) is 0 Å². The molecule has 24 heavy (non-hydrogen) atoms. The standard InChI is InChI=1S/C18H26N4O2/c1-13-19-16-14(20(13)5)7-6-8-15(16)21-9-11-22(12-10-21)17(23)24-18(2,3)4/h6-8H,9-12H2,1-5H3. The van der Waals surface area contributed by atoms with Gasteiger partial charge >= 0.3 is 6.09 Å². The molecule has 0 bridgehead atoms. The Morgan fingerprint density at radius 2 is 1.83 bits per heavy atom. The first-order valence-corrected chi connectivity index (χ1v) is 8.41. The van der Waals surface area contributed by atoms with E-state index in [2.05, 4.69) is 27.7 Å². The summed E-state index contributed by atoms with van der Waals surface area (Å²) in [6.07, 6.45) is -0.228. The average molecular weight is 330 g/mol. The smallest absolute Gasteiger partial charge is 0.410 e. The van der Waals surface area contributed by atoms with Gasteiger partial charge in [0, 0.05) is 33.2 Å². The highest BCUT2D eigenvalue weighted by atomic mass is 16.6. The minimum absolute atomic E-state index is 0.228. The number of carbonyl (C=O) groups is 1. The summed E-state index contributed by atoms with van der Waals surface area (Å²) in [5.74, 6) is 1.00. The molecule has 0 unspecified atom stereocenters. The minimum atomic E-state index is -0.453. The molecule has 6 heteroatoms. The fourth-order valence-electron chi connectivity index (χ4n) is 3.03. The number of para-hydroxylation sites is 1. The van der Waals surface area contributed by atoms with Gasteiger partial charge in [-0.2, -0.15) is 0 Å². The van der Waals surface area contributed by atoms with Crippen LogP contribution in [0.15, 0.2) is 18.2 Å². The normalized spacial score (nSPS) is 15.9. The summed E-state index contributed by atoms with van der Waals surface area (Å²) in [6.45, 7) is 10.6. The number of aryl methyl sites for hydroxylation is 2. The first-order chi connectivity index (χ1) is 11.3. The molecule has 1 aromatic carbocycles. The monoisotopic (exact) mass is 330 g/mol. The maximum absolute atomic E-state index is 12.2. The molecule has 1 aliphatic rings. The number of aromatic nitrogens is 2. The summed E-state index contributed by atoms with van der Waals surface area (Å²) >= 11 is 0. The predicted molar refractivity (Wildman–Crippen MR) is 95.5 cm³/mol. The van der Waals surface area contributed by atoms with Gasteiger partial charge in [-0.3, -0.25) is 0 Å². The van der Waals surface area contributed by atoms with E-state index in [1.54, 1.807) is 4.90 Å². The second kappa shape index (κ2) is 6.00. The van der Waals surface area contributed by atoms with E-state index >= 15 is 0 Å². The Kier molecular flexibility index (Phi) is 4.15. The summed E-state index contributed by atoms with van der Waals surface area (Å²) in [5.41, 5.74) is 2.86. The zero-order chi connectivity index (χ0) is 17.5. The van der Waals surface area contributed by atoms with Gasteiger partial charge in [-0.25, -0.2) is 9.78 Å². The number of hydrogen-bond acceptors (Lipinski definition) is 4. The number of hydrogen-bond donors (Lipinski definition) is 0. The summed E-state index contributed by atoms with van der Waals surface area (Å²) in [4.78, 5) is 21.0. The Bertz CT molecular complexity index is 752. The zero-order valence-electron chi connectivity index (χ0n) is 15.2. The fraction of sp³-hybridized carbons (Fsp3) is 0.556. The number of fused-ring (bicyclic) bond motifs is 1. The van der Waals surface area contributed by atoms with Crippen molar-refractivity contribution in [3.63, 3.8) is 0 Å². The maximum Gasteiger partial charge on any atom is 0.410 e. The molecule has 2 heterocycles. The Hall–Kier alpha value is -2.24. The second-order valence-corrected chi connectivity index (χ2v) is 7.32. The van der Waals surface area contributed by atoms with Crippen molar-refractivity contribution < 1.29 is 9.53 Å². The van der Waals surface area contributed by atoms with Gasteiger partial charge in [0.25, 0.3) is 0 Å². The van der Waals surface area contributed by atoms with E-state index in [4.69, 9.17) is 9.72 Å². The highest BCUT2D eigenvalue weighted by Crippen LogP contribution is 2.27. The zero-order valence-corrected chi connectivity index (χ0v) is 15.2. The van der Waals surface area contributed by atoms with E-state index in [0.717, 1.165) is 35.6 Å². The summed E-state index contributed by atoms with van der Waals surface area (Å²) in [7, 11) is 2.04. The third kappa shape index (κ3) is 3.18. The van der Waals surface area contributed by atoms with Gasteiger partial charge in [-0.15, -0.1) is 0 Å². The number of carbonyl (C=O) groups excluding carboxylic acids is 1. The first kappa shape index (κ1) is 16.6. The number of amides is 1. The van der Waals surface area contributed by atoms with E-state index in [0.29, 0.717) is 13.1 Å². The molecule has 2 aromatic rings. The molecule has 0 saturated carbocycles. The number of nitrogens with zero attached hydrogens (tertiary/aromatic N) is 4. The molecule has 0 radical (unpaired) electrons. The van der Waals surface area contributed by atoms with Crippen LogP contribution in [0, 0.1) is 6.92 Å². The van der Waals surface area contributed by atoms with Gasteiger partial charge in [0.2, 0.25) is 0 Å². The lowest BCUT2D eigenvalue weighted by atomic mass is 10.2. The van der Waals surface area contributed by atoms with E-state index in [9.17, 15) is 4.79 Å². The quantitative estimate of drug-likeness (QED) is 0.807. The Morgan fingerprint density at radius 3 is 2.46 bits per heavy atom. The molecule has 1 saturated heterocycles. The van der Waals surface area contributed by atoms with Crippen LogP contribution in [0.5, 0.6) is 0 Å². The molecule has 0 aliphatic carbocycles. The molecule has 0 N–H and O–H groups in total. The molecule has 1 aromatic heterocycles. The first-order valence-electron chi connectivity index (χ1n) is 8.41. The largest absolute Gasteiger partial charge is 0.444 e. The highest BCUT2D eigenvalue weighted by molar-refractivity contribution is 5.89. The third-order valence-corrected chi connectivity index (χ3v) is 4.39. The van der Waals surface area contributed by atoms with Gasteiger partial charge in [0.1, 0.15) is 16.9 Å². The molecule has 1 aliphatic heterocycles. The average Bonchev–Trinajstić information content (AvgIpc) is 2.81. The van der Waals surface area contributed by atoms with E-state index in [1.165, 1.54) is 0 Å². The number of rotatable bonds is 1. The SMILES string of the molecule is Cc1nc2c(N3CCN(C(=O)OC(C)(C)C)CC3)cccc2n1C. The summed E-state index contributed by atoms with van der Waals surface area (Å²) in [6, 6.07) is 6.27. The van der Waals surface area contributed by atoms with Crippen molar-refractivity contribution in [2.24, 2.45) is 7.05 Å². The van der Waals surface area contributed by atoms with Crippen LogP contribution in [-0.4, -0.2) is 52.3 Å². The van der Waals surface area contributed by atoms with Gasteiger partial charge in [0.15, 0.2) is 0 Å². The van der Waals surface area contributed by atoms with Gasteiger partial charge in [0.05, 0.1) is 11.2 Å². The van der Waals surface area contributed by atoms with Gasteiger partial charge in [-0.1, -0.05) is 6.07 Å². The van der Waals surface area contributed by atoms with Crippen LogP contribution in [0.4, 0.5) is 10.5 Å². The van der Waals surface area contributed by atoms with E-state index in [-0.39, 0.29) is 6.09 Å². The Morgan fingerprint density at radius 1 is 1.17 bits per heavy atom. The van der Waals surface area contributed by atoms with Crippen molar-refractivity contribution in [2.75, 3.05) is 31.1 Å². The minimum Gasteiger partial charge on any atom is -0.444 e. The lowest BCUT2D eigenvalue weighted by Gasteiger charge is -2.36. The van der Waals surface area contributed by atoms with Crippen LogP contribution < -0.4 is 4.90 Å². The van der Waals surface area contributed by atoms with Crippen LogP contribution >= 0.6 is 0 Å². The predicted octanol–water partition coefficient (Wildman–Crippen LogP) is 2.94. The molecule has 3 rings (SSSR count). The molecule has 1 fully saturated rings. The van der Waals surface area contributed by atoms with Crippen molar-refractivity contribution in [3.05, 3.63) is 24.0 Å². The van der Waals surface area contributed by atoms with Crippen LogP contribution in [0.25, 0.3) is 11.0 Å². The molecule has 0 spiro atoms. The number of benzene rings is 1. The van der Waals surface area contributed by atoms with Gasteiger partial charge in [-0.05, 0) is 39.8 Å². The van der Waals surface area contributed by atoms with Crippen LogP contribution in [0.3, 0.4) is 0 Å². The number of piperazine rings is 1. The number of ether oxygens (including phenoxy) is 1. The summed E-state index contributed by atoms with van der Waals surface area (Å²) in [5, 5.41) is 0. The topological polar surface area (TPSA) is 50.6 Å². The van der Waals surface area contributed by atoms with E-state index < -0.39 is 5.60 Å². The van der Waals surface area contributed by atoms with Crippen LogP contribution in [0.2, 0.25) is 0 Å².